The highest BCUT2D eigenvalue weighted by Crippen LogP contribution is 2.30. The molecule has 2 aliphatic heterocycles. The van der Waals surface area contributed by atoms with Gasteiger partial charge in [-0.3, -0.25) is 4.79 Å². The second-order valence-corrected chi connectivity index (χ2v) is 5.25. The van der Waals surface area contributed by atoms with Crippen LogP contribution in [0.5, 0.6) is 0 Å². The van der Waals surface area contributed by atoms with Gasteiger partial charge in [-0.15, -0.1) is 0 Å². The molecule has 1 aromatic rings. The minimum atomic E-state index is -0.369. The van der Waals surface area contributed by atoms with Crippen LogP contribution in [0.3, 0.4) is 0 Å². The molecule has 2 aliphatic rings. The van der Waals surface area contributed by atoms with Crippen LogP contribution in [-0.4, -0.2) is 39.4 Å². The SMILES string of the molecule is N/C(CN1C=CN2NC(c3ccc(F)cc3)CC2C1=O)=N\O. The average molecular weight is 305 g/mol. The van der Waals surface area contributed by atoms with Gasteiger partial charge in [0.05, 0.1) is 12.6 Å². The minimum absolute atomic E-state index is 0.0347. The molecule has 116 valence electrons. The van der Waals surface area contributed by atoms with Gasteiger partial charge in [-0.1, -0.05) is 17.3 Å². The monoisotopic (exact) mass is 305 g/mol. The summed E-state index contributed by atoms with van der Waals surface area (Å²) in [4.78, 5) is 13.8. The largest absolute Gasteiger partial charge is 0.409 e. The molecule has 0 bridgehead atoms. The lowest BCUT2D eigenvalue weighted by atomic mass is 10.0. The van der Waals surface area contributed by atoms with Crippen molar-refractivity contribution in [1.29, 1.82) is 0 Å². The van der Waals surface area contributed by atoms with Gasteiger partial charge < -0.3 is 20.8 Å². The molecule has 1 amide bonds. The molecule has 22 heavy (non-hydrogen) atoms. The van der Waals surface area contributed by atoms with Crippen molar-refractivity contribution < 1.29 is 14.4 Å². The number of hydrogen-bond donors (Lipinski definition) is 3. The summed E-state index contributed by atoms with van der Waals surface area (Å²) in [6.45, 7) is 0.0391. The van der Waals surface area contributed by atoms with E-state index in [1.807, 2.05) is 0 Å². The third kappa shape index (κ3) is 2.60. The van der Waals surface area contributed by atoms with Gasteiger partial charge in [-0.2, -0.15) is 0 Å². The Kier molecular flexibility index (Phi) is 3.68. The second kappa shape index (κ2) is 5.64. The summed E-state index contributed by atoms with van der Waals surface area (Å²) in [7, 11) is 0. The van der Waals surface area contributed by atoms with E-state index in [-0.39, 0.29) is 36.2 Å². The van der Waals surface area contributed by atoms with E-state index >= 15 is 0 Å². The van der Waals surface area contributed by atoms with Gasteiger partial charge in [0.2, 0.25) is 0 Å². The molecule has 1 aromatic carbocycles. The van der Waals surface area contributed by atoms with Gasteiger partial charge in [-0.05, 0) is 24.1 Å². The van der Waals surface area contributed by atoms with Crippen LogP contribution in [0, 0.1) is 5.82 Å². The molecule has 0 saturated carbocycles. The molecular weight excluding hydrogens is 289 g/mol. The first-order valence-corrected chi connectivity index (χ1v) is 6.83. The number of nitrogens with one attached hydrogen (secondary N) is 1. The molecular formula is C14H16FN5O2. The number of hydrogen-bond acceptors (Lipinski definition) is 5. The first-order chi connectivity index (χ1) is 10.6. The van der Waals surface area contributed by atoms with Crippen LogP contribution in [0.25, 0.3) is 0 Å². The Morgan fingerprint density at radius 3 is 2.82 bits per heavy atom. The first kappa shape index (κ1) is 14.3. The Labute approximate surface area is 126 Å². The molecule has 2 unspecified atom stereocenters. The van der Waals surface area contributed by atoms with Crippen molar-refractivity contribution in [3.8, 4) is 0 Å². The lowest BCUT2D eigenvalue weighted by molar-refractivity contribution is -0.133. The molecule has 2 heterocycles. The fourth-order valence-electron chi connectivity index (χ4n) is 2.69. The summed E-state index contributed by atoms with van der Waals surface area (Å²) in [5, 5.41) is 13.2. The molecule has 2 atom stereocenters. The van der Waals surface area contributed by atoms with Gasteiger partial charge >= 0.3 is 0 Å². The molecule has 3 rings (SSSR count). The number of halogens is 1. The fraction of sp³-hybridized carbons (Fsp3) is 0.286. The molecule has 8 heteroatoms. The second-order valence-electron chi connectivity index (χ2n) is 5.25. The third-order valence-corrected chi connectivity index (χ3v) is 3.81. The first-order valence-electron chi connectivity index (χ1n) is 6.83. The van der Waals surface area contributed by atoms with Crippen molar-refractivity contribution in [2.75, 3.05) is 6.54 Å². The van der Waals surface area contributed by atoms with Gasteiger partial charge in [0.25, 0.3) is 5.91 Å². The standard InChI is InChI=1S/C14H16FN5O2/c15-10-3-1-9(2-4-10)11-7-12-14(21)19(8-13(16)18-22)5-6-20(12)17-11/h1-6,11-12,17,22H,7-8H2,(H2,16,18). The number of nitrogens with zero attached hydrogens (tertiary/aromatic N) is 3. The minimum Gasteiger partial charge on any atom is -0.409 e. The van der Waals surface area contributed by atoms with Crippen molar-refractivity contribution >= 4 is 11.7 Å². The van der Waals surface area contributed by atoms with Gasteiger partial charge in [0.1, 0.15) is 11.9 Å². The number of carbonyl (C=O) groups is 1. The molecule has 0 aromatic heterocycles. The van der Waals surface area contributed by atoms with E-state index in [0.717, 1.165) is 5.56 Å². The normalized spacial score (nSPS) is 24.8. The molecule has 1 fully saturated rings. The number of hydrazine groups is 1. The van der Waals surface area contributed by atoms with Gasteiger partial charge in [0.15, 0.2) is 5.84 Å². The van der Waals surface area contributed by atoms with Crippen LogP contribution in [0.2, 0.25) is 0 Å². The number of nitrogens with two attached hydrogens (primary N) is 1. The van der Waals surface area contributed by atoms with Crippen molar-refractivity contribution in [2.24, 2.45) is 10.9 Å². The van der Waals surface area contributed by atoms with Crippen molar-refractivity contribution in [2.45, 2.75) is 18.5 Å². The van der Waals surface area contributed by atoms with Crippen LogP contribution in [-0.2, 0) is 4.79 Å². The Morgan fingerprint density at radius 1 is 1.41 bits per heavy atom. The number of amides is 1. The third-order valence-electron chi connectivity index (χ3n) is 3.81. The number of benzene rings is 1. The maximum atomic E-state index is 13.0. The number of oxime groups is 1. The van der Waals surface area contributed by atoms with Crippen molar-refractivity contribution in [3.05, 3.63) is 48.0 Å². The Bertz CT molecular complexity index is 631. The summed E-state index contributed by atoms with van der Waals surface area (Å²) in [5.41, 5.74) is 9.57. The van der Waals surface area contributed by atoms with Gasteiger partial charge in [-0.25, -0.2) is 9.82 Å². The summed E-state index contributed by atoms with van der Waals surface area (Å²) < 4.78 is 13.0. The number of amidine groups is 1. The maximum Gasteiger partial charge on any atom is 0.251 e. The van der Waals surface area contributed by atoms with Crippen LogP contribution in [0.1, 0.15) is 18.0 Å². The van der Waals surface area contributed by atoms with E-state index in [1.54, 1.807) is 29.5 Å². The maximum absolute atomic E-state index is 13.0. The molecule has 1 saturated heterocycles. The van der Waals surface area contributed by atoms with Crippen LogP contribution < -0.4 is 11.2 Å². The van der Waals surface area contributed by atoms with E-state index in [9.17, 15) is 9.18 Å². The quantitative estimate of drug-likeness (QED) is 0.327. The van der Waals surface area contributed by atoms with Crippen LogP contribution in [0.4, 0.5) is 4.39 Å². The Balaban J connectivity index is 1.73. The van der Waals surface area contributed by atoms with Gasteiger partial charge in [0, 0.05) is 12.4 Å². The van der Waals surface area contributed by atoms with E-state index in [4.69, 9.17) is 10.9 Å². The Morgan fingerprint density at radius 2 is 2.14 bits per heavy atom. The molecule has 0 spiro atoms. The van der Waals surface area contributed by atoms with Crippen molar-refractivity contribution in [3.63, 3.8) is 0 Å². The van der Waals surface area contributed by atoms with Crippen LogP contribution >= 0.6 is 0 Å². The summed E-state index contributed by atoms with van der Waals surface area (Å²) in [6.07, 6.45) is 3.87. The fourth-order valence-corrected chi connectivity index (χ4v) is 2.69. The number of rotatable bonds is 3. The zero-order valence-corrected chi connectivity index (χ0v) is 11.7. The molecule has 0 radical (unpaired) electrons. The molecule has 0 aliphatic carbocycles. The highest BCUT2D eigenvalue weighted by molar-refractivity contribution is 5.90. The average Bonchev–Trinajstić information content (AvgIpc) is 2.95. The number of fused-ring (bicyclic) bond motifs is 1. The smallest absolute Gasteiger partial charge is 0.251 e. The zero-order chi connectivity index (χ0) is 15.7. The predicted molar refractivity (Wildman–Crippen MR) is 76.8 cm³/mol. The Hall–Kier alpha value is -2.61. The summed E-state index contributed by atoms with van der Waals surface area (Å²) >= 11 is 0. The highest BCUT2D eigenvalue weighted by atomic mass is 19.1. The van der Waals surface area contributed by atoms with E-state index in [1.165, 1.54) is 17.0 Å². The van der Waals surface area contributed by atoms with E-state index in [2.05, 4.69) is 10.6 Å². The molecule has 4 N–H and O–H groups in total. The lowest BCUT2D eigenvalue weighted by Crippen LogP contribution is -2.49. The number of carbonyl (C=O) groups excluding carboxylic acids is 1. The predicted octanol–water partition coefficient (Wildman–Crippen LogP) is 0.505. The van der Waals surface area contributed by atoms with E-state index in [0.29, 0.717) is 6.42 Å². The van der Waals surface area contributed by atoms with Crippen LogP contribution in [0.15, 0.2) is 41.8 Å². The molecule has 7 nitrogen and oxygen atoms in total. The highest BCUT2D eigenvalue weighted by Gasteiger charge is 2.40. The van der Waals surface area contributed by atoms with Crippen molar-refractivity contribution in [1.82, 2.24) is 15.3 Å². The van der Waals surface area contributed by atoms with E-state index < -0.39 is 0 Å². The zero-order valence-electron chi connectivity index (χ0n) is 11.7. The summed E-state index contributed by atoms with van der Waals surface area (Å²) in [6, 6.07) is 5.77. The topological polar surface area (TPSA) is 94.2 Å². The summed E-state index contributed by atoms with van der Waals surface area (Å²) in [5.74, 6) is -0.459. The lowest BCUT2D eigenvalue weighted by Gasteiger charge is -2.31.